The minimum atomic E-state index is -1.52. The molecule has 4 aromatic rings. The monoisotopic (exact) mass is 289 g/mol. The second-order valence-corrected chi connectivity index (χ2v) is 5.24. The van der Waals surface area contributed by atoms with E-state index < -0.39 is 7.12 Å². The lowest BCUT2D eigenvalue weighted by Crippen LogP contribution is -2.30. The van der Waals surface area contributed by atoms with Crippen molar-refractivity contribution in [3.8, 4) is 5.75 Å². The molecule has 0 aliphatic heterocycles. The molecule has 1 radical (unpaired) electrons. The minimum Gasteiger partial charge on any atom is -0.537 e. The van der Waals surface area contributed by atoms with Gasteiger partial charge in [-0.2, -0.15) is 0 Å². The Labute approximate surface area is 127 Å². The molecule has 0 fully saturated rings. The largest absolute Gasteiger partial charge is 0.569 e. The molecule has 0 aliphatic rings. The molecule has 4 aromatic carbocycles. The Morgan fingerprint density at radius 3 is 2.05 bits per heavy atom. The van der Waals surface area contributed by atoms with Crippen LogP contribution >= 0.6 is 0 Å². The second-order valence-electron chi connectivity index (χ2n) is 5.24. The first-order valence-corrected chi connectivity index (χ1v) is 6.90. The molecule has 0 saturated heterocycles. The summed E-state index contributed by atoms with van der Waals surface area (Å²) in [5.41, 5.74) is 0.474. The molecule has 105 valence electrons. The van der Waals surface area contributed by atoms with Crippen molar-refractivity contribution in [2.75, 3.05) is 0 Å². The van der Waals surface area contributed by atoms with Crippen molar-refractivity contribution in [1.82, 2.24) is 0 Å². The Bertz CT molecular complexity index is 984. The SMILES string of the molecule is O[B]Oc1ccc2ccc3c(B(O)O)ccc4ccc1c2c43. The zero-order valence-corrected chi connectivity index (χ0v) is 11.5. The van der Waals surface area contributed by atoms with Crippen molar-refractivity contribution in [3.05, 3.63) is 48.5 Å². The lowest BCUT2D eigenvalue weighted by Gasteiger charge is -2.15. The number of hydrogen-bond donors (Lipinski definition) is 3. The van der Waals surface area contributed by atoms with Crippen LogP contribution in [0.5, 0.6) is 5.75 Å². The highest BCUT2D eigenvalue weighted by Gasteiger charge is 2.18. The van der Waals surface area contributed by atoms with Gasteiger partial charge < -0.3 is 19.7 Å². The van der Waals surface area contributed by atoms with E-state index >= 15 is 0 Å². The van der Waals surface area contributed by atoms with Gasteiger partial charge in [-0.1, -0.05) is 42.5 Å². The van der Waals surface area contributed by atoms with Crippen molar-refractivity contribution < 1.29 is 19.7 Å². The van der Waals surface area contributed by atoms with E-state index in [1.54, 1.807) is 12.1 Å². The van der Waals surface area contributed by atoms with Gasteiger partial charge in [-0.05, 0) is 33.1 Å². The molecule has 4 nitrogen and oxygen atoms in total. The van der Waals surface area contributed by atoms with Crippen LogP contribution < -0.4 is 10.1 Å². The summed E-state index contributed by atoms with van der Waals surface area (Å²) in [4.78, 5) is 0. The molecular weight excluding hydrogens is 278 g/mol. The molecule has 3 N–H and O–H groups in total. The maximum Gasteiger partial charge on any atom is 0.569 e. The molecule has 0 bridgehead atoms. The van der Waals surface area contributed by atoms with Gasteiger partial charge in [-0.25, -0.2) is 0 Å². The number of hydrogen-bond acceptors (Lipinski definition) is 4. The van der Waals surface area contributed by atoms with Crippen LogP contribution in [0, 0.1) is 0 Å². The highest BCUT2D eigenvalue weighted by molar-refractivity contribution is 6.62. The smallest absolute Gasteiger partial charge is 0.537 e. The topological polar surface area (TPSA) is 69.9 Å². The molecule has 0 spiro atoms. The second kappa shape index (κ2) is 4.88. The fraction of sp³-hybridized carbons (Fsp3) is 0. The standard InChI is InChI=1S/C16H11B2O4/c19-17-22-14-8-4-10-1-5-11-13(18(20)21)7-3-9-2-6-12(14)16(10)15(9)11/h1-8,19-21H. The summed E-state index contributed by atoms with van der Waals surface area (Å²) >= 11 is 0. The first kappa shape index (κ1) is 13.4. The molecule has 22 heavy (non-hydrogen) atoms. The molecular formula is C16H11B2O4. The van der Waals surface area contributed by atoms with E-state index in [2.05, 4.69) is 0 Å². The molecule has 0 heterocycles. The van der Waals surface area contributed by atoms with E-state index in [-0.39, 0.29) is 0 Å². The van der Waals surface area contributed by atoms with Gasteiger partial charge in [0.1, 0.15) is 5.75 Å². The molecule has 0 atom stereocenters. The van der Waals surface area contributed by atoms with Crippen molar-refractivity contribution in [2.24, 2.45) is 0 Å². The van der Waals surface area contributed by atoms with Gasteiger partial charge in [-0.15, -0.1) is 0 Å². The molecule has 0 saturated carbocycles. The van der Waals surface area contributed by atoms with Crippen LogP contribution in [0.1, 0.15) is 0 Å². The van der Waals surface area contributed by atoms with E-state index in [0.29, 0.717) is 18.9 Å². The number of rotatable bonds is 3. The summed E-state index contributed by atoms with van der Waals surface area (Å²) < 4.78 is 5.17. The summed E-state index contributed by atoms with van der Waals surface area (Å²) in [5.74, 6) is 0.555. The van der Waals surface area contributed by atoms with Crippen molar-refractivity contribution >= 4 is 52.6 Å². The summed E-state index contributed by atoms with van der Waals surface area (Å²) in [5, 5.41) is 33.8. The molecule has 0 aromatic heterocycles. The zero-order chi connectivity index (χ0) is 15.3. The molecule has 0 unspecified atom stereocenters. The predicted octanol–water partition coefficient (Wildman–Crippen LogP) is 1.17. The van der Waals surface area contributed by atoms with Crippen molar-refractivity contribution in [2.45, 2.75) is 0 Å². The number of benzene rings is 4. The van der Waals surface area contributed by atoms with Gasteiger partial charge in [-0.3, -0.25) is 0 Å². The Balaban J connectivity index is 2.22. The maximum absolute atomic E-state index is 9.59. The van der Waals surface area contributed by atoms with Crippen LogP contribution in [0.25, 0.3) is 32.3 Å². The summed E-state index contributed by atoms with van der Waals surface area (Å²) in [6, 6.07) is 15.1. The minimum absolute atomic E-state index is 0.474. The summed E-state index contributed by atoms with van der Waals surface area (Å²) in [6.45, 7) is 0. The van der Waals surface area contributed by atoms with Gasteiger partial charge in [0.15, 0.2) is 0 Å². The fourth-order valence-electron chi connectivity index (χ4n) is 3.18. The Morgan fingerprint density at radius 2 is 1.36 bits per heavy atom. The maximum atomic E-state index is 9.59. The Hall–Kier alpha value is -2.27. The van der Waals surface area contributed by atoms with Crippen LogP contribution in [-0.4, -0.2) is 29.9 Å². The molecule has 6 heteroatoms. The van der Waals surface area contributed by atoms with Gasteiger partial charge >= 0.3 is 14.8 Å². The van der Waals surface area contributed by atoms with Gasteiger partial charge in [0.05, 0.1) is 0 Å². The third-order valence-electron chi connectivity index (χ3n) is 4.12. The van der Waals surface area contributed by atoms with E-state index in [9.17, 15) is 10.0 Å². The Kier molecular flexibility index (Phi) is 2.97. The summed E-state index contributed by atoms with van der Waals surface area (Å²) in [7, 11) is -0.860. The third kappa shape index (κ3) is 1.78. The molecule has 4 rings (SSSR count). The average Bonchev–Trinajstić information content (AvgIpc) is 2.53. The van der Waals surface area contributed by atoms with Crippen LogP contribution in [0.15, 0.2) is 48.5 Å². The van der Waals surface area contributed by atoms with E-state index in [1.165, 1.54) is 0 Å². The Morgan fingerprint density at radius 1 is 0.773 bits per heavy atom. The van der Waals surface area contributed by atoms with Gasteiger partial charge in [0.2, 0.25) is 0 Å². The van der Waals surface area contributed by atoms with Gasteiger partial charge in [0.25, 0.3) is 0 Å². The van der Waals surface area contributed by atoms with Gasteiger partial charge in [0, 0.05) is 10.8 Å². The average molecular weight is 289 g/mol. The van der Waals surface area contributed by atoms with Crippen LogP contribution in [0.4, 0.5) is 0 Å². The van der Waals surface area contributed by atoms with Crippen molar-refractivity contribution in [1.29, 1.82) is 0 Å². The van der Waals surface area contributed by atoms with E-state index in [4.69, 9.17) is 9.68 Å². The summed E-state index contributed by atoms with van der Waals surface area (Å²) in [6.07, 6.45) is 0. The van der Waals surface area contributed by atoms with Crippen LogP contribution in [0.3, 0.4) is 0 Å². The lowest BCUT2D eigenvalue weighted by atomic mass is 9.75. The third-order valence-corrected chi connectivity index (χ3v) is 4.12. The first-order chi connectivity index (χ1) is 10.7. The van der Waals surface area contributed by atoms with E-state index in [1.807, 2.05) is 36.4 Å². The predicted molar refractivity (Wildman–Crippen MR) is 88.6 cm³/mol. The highest BCUT2D eigenvalue weighted by atomic mass is 16.5. The highest BCUT2D eigenvalue weighted by Crippen LogP contribution is 2.37. The lowest BCUT2D eigenvalue weighted by molar-refractivity contribution is 0.426. The molecule has 0 amide bonds. The normalized spacial score (nSPS) is 11.4. The first-order valence-electron chi connectivity index (χ1n) is 6.90. The zero-order valence-electron chi connectivity index (χ0n) is 11.5. The molecule has 0 aliphatic carbocycles. The van der Waals surface area contributed by atoms with Crippen molar-refractivity contribution in [3.63, 3.8) is 0 Å². The van der Waals surface area contributed by atoms with E-state index in [0.717, 1.165) is 32.3 Å². The quantitative estimate of drug-likeness (QED) is 0.391. The fourth-order valence-corrected chi connectivity index (χ4v) is 3.18. The van der Waals surface area contributed by atoms with Crippen LogP contribution in [0.2, 0.25) is 0 Å². The van der Waals surface area contributed by atoms with Crippen LogP contribution in [-0.2, 0) is 0 Å².